The predicted octanol–water partition coefficient (Wildman–Crippen LogP) is 4.52. The maximum Gasteiger partial charge on any atom is 0.336 e. The number of esters is 2. The molecule has 0 fully saturated rings. The van der Waals surface area contributed by atoms with E-state index in [2.05, 4.69) is 20.6 Å². The summed E-state index contributed by atoms with van der Waals surface area (Å²) in [6.07, 6.45) is 1.35. The molecule has 1 aliphatic heterocycles. The summed E-state index contributed by atoms with van der Waals surface area (Å²) in [4.78, 5) is 33.9. The number of rotatable bonds is 10. The maximum atomic E-state index is 13.2. The van der Waals surface area contributed by atoms with E-state index in [1.165, 1.54) is 13.4 Å². The minimum atomic E-state index is -0.885. The highest BCUT2D eigenvalue weighted by Crippen LogP contribution is 2.43. The van der Waals surface area contributed by atoms with Crippen LogP contribution < -0.4 is 10.6 Å². The number of hydrogen-bond donors (Lipinski definition) is 2. The van der Waals surface area contributed by atoms with Crippen molar-refractivity contribution in [3.63, 3.8) is 0 Å². The van der Waals surface area contributed by atoms with Gasteiger partial charge < -0.3 is 24.8 Å². The molecule has 2 N–H and O–H groups in total. The quantitative estimate of drug-likeness (QED) is 0.248. The number of allylic oxidation sites excluding steroid dienone is 1. The fourth-order valence-corrected chi connectivity index (χ4v) is 4.31. The van der Waals surface area contributed by atoms with Crippen molar-refractivity contribution in [3.05, 3.63) is 73.9 Å². The second-order valence-electron chi connectivity index (χ2n) is 7.55. The number of nitrogens with one attached hydrogen (secondary N) is 2. The average Bonchev–Trinajstić information content (AvgIpc) is 2.85. The molecular weight excluding hydrogens is 531 g/mol. The van der Waals surface area contributed by atoms with Crippen LogP contribution in [0.5, 0.6) is 0 Å². The van der Waals surface area contributed by atoms with Crippen molar-refractivity contribution in [1.29, 1.82) is 0 Å². The van der Waals surface area contributed by atoms with E-state index in [0.717, 1.165) is 0 Å². The van der Waals surface area contributed by atoms with Crippen molar-refractivity contribution in [2.75, 3.05) is 38.8 Å². The van der Waals surface area contributed by atoms with Crippen LogP contribution in [0.3, 0.4) is 0 Å². The number of aromatic nitrogens is 2. The topological polar surface area (TPSA) is 112 Å². The standard InChI is InChI=1S/C24H25Cl3N4O5/c1-4-36-24(33)21-16(11-35-9-8-28-18-10-17(26)29-12-30-18)31-13(2)19(23(32)34-3)20(21)14-6-5-7-15(25)22(14)27/h5-7,10,12,20,31H,4,8-9,11H2,1-3H3,(H,28,29,30). The number of ether oxygens (including phenoxy) is 3. The van der Waals surface area contributed by atoms with E-state index in [1.807, 2.05) is 0 Å². The minimum Gasteiger partial charge on any atom is -0.466 e. The van der Waals surface area contributed by atoms with Gasteiger partial charge in [0, 0.05) is 18.3 Å². The van der Waals surface area contributed by atoms with Crippen LogP contribution in [-0.4, -0.2) is 55.4 Å². The van der Waals surface area contributed by atoms with Crippen molar-refractivity contribution in [3.8, 4) is 0 Å². The molecule has 0 spiro atoms. The van der Waals surface area contributed by atoms with E-state index in [-0.39, 0.29) is 41.0 Å². The third-order valence-electron chi connectivity index (χ3n) is 5.27. The number of hydrogen-bond acceptors (Lipinski definition) is 9. The molecule has 1 unspecified atom stereocenters. The van der Waals surface area contributed by atoms with E-state index >= 15 is 0 Å². The lowest BCUT2D eigenvalue weighted by atomic mass is 9.80. The monoisotopic (exact) mass is 554 g/mol. The number of anilines is 1. The molecule has 1 aromatic heterocycles. The summed E-state index contributed by atoms with van der Waals surface area (Å²) in [6, 6.07) is 6.61. The van der Waals surface area contributed by atoms with Gasteiger partial charge in [0.2, 0.25) is 0 Å². The molecule has 0 saturated heterocycles. The van der Waals surface area contributed by atoms with Crippen molar-refractivity contribution < 1.29 is 23.8 Å². The first-order chi connectivity index (χ1) is 17.3. The van der Waals surface area contributed by atoms with Crippen molar-refractivity contribution in [2.24, 2.45) is 0 Å². The largest absolute Gasteiger partial charge is 0.466 e. The highest BCUT2D eigenvalue weighted by Gasteiger charge is 2.40. The van der Waals surface area contributed by atoms with Crippen LogP contribution in [0.1, 0.15) is 25.3 Å². The molecule has 1 aliphatic rings. The van der Waals surface area contributed by atoms with Crippen molar-refractivity contribution in [1.82, 2.24) is 15.3 Å². The number of nitrogens with zero attached hydrogens (tertiary/aromatic N) is 2. The summed E-state index contributed by atoms with van der Waals surface area (Å²) in [5, 5.41) is 7.01. The summed E-state index contributed by atoms with van der Waals surface area (Å²) >= 11 is 18.7. The first kappa shape index (κ1) is 27.7. The summed E-state index contributed by atoms with van der Waals surface area (Å²) in [5.41, 5.74) is 1.79. The lowest BCUT2D eigenvalue weighted by Crippen LogP contribution is -2.35. The van der Waals surface area contributed by atoms with E-state index < -0.39 is 17.9 Å². The van der Waals surface area contributed by atoms with E-state index in [4.69, 9.17) is 49.0 Å². The zero-order valence-electron chi connectivity index (χ0n) is 19.9. The van der Waals surface area contributed by atoms with E-state index in [1.54, 1.807) is 38.1 Å². The summed E-state index contributed by atoms with van der Waals surface area (Å²) in [7, 11) is 1.27. The fourth-order valence-electron chi connectivity index (χ4n) is 3.75. The van der Waals surface area contributed by atoms with Crippen molar-refractivity contribution >= 4 is 52.6 Å². The molecular formula is C24H25Cl3N4O5. The lowest BCUT2D eigenvalue weighted by Gasteiger charge is -2.31. The Morgan fingerprint density at radius 3 is 2.61 bits per heavy atom. The van der Waals surface area contributed by atoms with Gasteiger partial charge in [0.05, 0.1) is 59.7 Å². The average molecular weight is 556 g/mol. The Bertz CT molecular complexity index is 1200. The van der Waals surface area contributed by atoms with E-state index in [9.17, 15) is 9.59 Å². The second-order valence-corrected chi connectivity index (χ2v) is 8.72. The van der Waals surface area contributed by atoms with Gasteiger partial charge in [-0.25, -0.2) is 19.6 Å². The molecule has 0 aliphatic carbocycles. The van der Waals surface area contributed by atoms with Crippen LogP contribution in [0.2, 0.25) is 15.2 Å². The van der Waals surface area contributed by atoms with Gasteiger partial charge in [-0.3, -0.25) is 0 Å². The smallest absolute Gasteiger partial charge is 0.336 e. The molecule has 0 bridgehead atoms. The van der Waals surface area contributed by atoms with Crippen LogP contribution >= 0.6 is 34.8 Å². The van der Waals surface area contributed by atoms with Crippen LogP contribution in [0, 0.1) is 0 Å². The van der Waals surface area contributed by atoms with Gasteiger partial charge in [0.25, 0.3) is 0 Å². The molecule has 0 saturated carbocycles. The summed E-state index contributed by atoms with van der Waals surface area (Å²) in [5.74, 6) is -1.57. The van der Waals surface area contributed by atoms with Gasteiger partial charge in [-0.05, 0) is 25.5 Å². The van der Waals surface area contributed by atoms with Gasteiger partial charge in [-0.1, -0.05) is 46.9 Å². The van der Waals surface area contributed by atoms with Gasteiger partial charge in [0.1, 0.15) is 17.3 Å². The zero-order chi connectivity index (χ0) is 26.2. The Kier molecular flexibility index (Phi) is 9.95. The molecule has 0 amide bonds. The van der Waals surface area contributed by atoms with Gasteiger partial charge in [-0.15, -0.1) is 0 Å². The fraction of sp³-hybridized carbons (Fsp3) is 0.333. The Morgan fingerprint density at radius 2 is 1.92 bits per heavy atom. The van der Waals surface area contributed by atoms with Crippen molar-refractivity contribution in [2.45, 2.75) is 19.8 Å². The number of benzene rings is 1. The third-order valence-corrected chi connectivity index (χ3v) is 6.31. The van der Waals surface area contributed by atoms with Crippen LogP contribution in [0.15, 0.2) is 53.1 Å². The number of carbonyl (C=O) groups excluding carboxylic acids is 2. The third kappa shape index (κ3) is 6.47. The van der Waals surface area contributed by atoms with Crippen LogP contribution in [-0.2, 0) is 23.8 Å². The molecule has 192 valence electrons. The predicted molar refractivity (Wildman–Crippen MR) is 137 cm³/mol. The number of carbonyl (C=O) groups is 2. The highest BCUT2D eigenvalue weighted by atomic mass is 35.5. The molecule has 1 aromatic carbocycles. The van der Waals surface area contributed by atoms with E-state index in [0.29, 0.717) is 34.5 Å². The molecule has 0 radical (unpaired) electrons. The molecule has 3 rings (SSSR count). The summed E-state index contributed by atoms with van der Waals surface area (Å²) < 4.78 is 16.2. The number of methoxy groups -OCH3 is 1. The lowest BCUT2D eigenvalue weighted by molar-refractivity contribution is -0.139. The first-order valence-corrected chi connectivity index (χ1v) is 12.1. The number of halogens is 3. The Hall–Kier alpha value is -2.85. The highest BCUT2D eigenvalue weighted by molar-refractivity contribution is 6.42. The van der Waals surface area contributed by atoms with Gasteiger partial charge in [0.15, 0.2) is 0 Å². The Morgan fingerprint density at radius 1 is 1.14 bits per heavy atom. The summed E-state index contributed by atoms with van der Waals surface area (Å²) in [6.45, 7) is 4.26. The minimum absolute atomic E-state index is 0.0286. The SMILES string of the molecule is CCOC(=O)C1=C(COCCNc2cc(Cl)ncn2)NC(C)=C(C(=O)OC)C1c1cccc(Cl)c1Cl. The molecule has 1 atom stereocenters. The first-order valence-electron chi connectivity index (χ1n) is 11.0. The zero-order valence-corrected chi connectivity index (χ0v) is 22.1. The second kappa shape index (κ2) is 12.9. The van der Waals surface area contributed by atoms with Crippen LogP contribution in [0.25, 0.3) is 0 Å². The van der Waals surface area contributed by atoms with Crippen LogP contribution in [0.4, 0.5) is 5.82 Å². The maximum absolute atomic E-state index is 13.2. The molecule has 9 nitrogen and oxygen atoms in total. The Labute approximate surface area is 223 Å². The number of dihydropyridines is 1. The molecule has 36 heavy (non-hydrogen) atoms. The molecule has 2 aromatic rings. The normalized spacial score (nSPS) is 15.4. The molecule has 12 heteroatoms. The van der Waals surface area contributed by atoms with Gasteiger partial charge in [-0.2, -0.15) is 0 Å². The molecule has 2 heterocycles. The Balaban J connectivity index is 1.92. The van der Waals surface area contributed by atoms with Gasteiger partial charge >= 0.3 is 11.9 Å².